The molecule has 1 aromatic carbocycles. The van der Waals surface area contributed by atoms with Crippen LogP contribution in [-0.4, -0.2) is 19.7 Å². The van der Waals surface area contributed by atoms with E-state index in [1.807, 2.05) is 13.2 Å². The molecule has 0 fully saturated rings. The van der Waals surface area contributed by atoms with Gasteiger partial charge < -0.3 is 0 Å². The molecule has 3 aromatic heterocycles. The van der Waals surface area contributed by atoms with Crippen LogP contribution >= 0.6 is 0 Å². The van der Waals surface area contributed by atoms with Crippen molar-refractivity contribution in [3.8, 4) is 11.1 Å². The van der Waals surface area contributed by atoms with E-state index < -0.39 is 6.17 Å². The fourth-order valence-corrected chi connectivity index (χ4v) is 2.86. The van der Waals surface area contributed by atoms with Crippen LogP contribution in [0.2, 0.25) is 0 Å². The molecule has 6 heteroatoms. The fourth-order valence-electron chi connectivity index (χ4n) is 2.86. The molecule has 0 spiro atoms. The molecule has 4 aromatic rings. The number of hydrogen-bond donors (Lipinski definition) is 0. The Labute approximate surface area is 142 Å². The summed E-state index contributed by atoms with van der Waals surface area (Å²) in [6.45, 7) is 1.40. The first-order chi connectivity index (χ1) is 12.0. The zero-order valence-corrected chi connectivity index (χ0v) is 13.8. The van der Waals surface area contributed by atoms with Gasteiger partial charge in [-0.05, 0) is 25.1 Å². The summed E-state index contributed by atoms with van der Waals surface area (Å²) in [5, 5.41) is 5.74. The summed E-state index contributed by atoms with van der Waals surface area (Å²) in [5.74, 6) is 0. The van der Waals surface area contributed by atoms with Crippen LogP contribution in [0.1, 0.15) is 18.8 Å². The maximum Gasteiger partial charge on any atom is 0.195 e. The molecule has 0 amide bonds. The molecule has 0 saturated heterocycles. The van der Waals surface area contributed by atoms with Crippen molar-refractivity contribution in [2.45, 2.75) is 13.1 Å². The van der Waals surface area contributed by atoms with Gasteiger partial charge in [0.15, 0.2) is 5.43 Å². The molecule has 0 bridgehead atoms. The molecule has 1 unspecified atom stereocenters. The second-order valence-electron chi connectivity index (χ2n) is 6.03. The van der Waals surface area contributed by atoms with E-state index in [9.17, 15) is 9.18 Å². The Hall–Kier alpha value is -3.15. The van der Waals surface area contributed by atoms with Crippen LogP contribution in [0.4, 0.5) is 4.39 Å². The zero-order valence-electron chi connectivity index (χ0n) is 13.8. The predicted molar refractivity (Wildman–Crippen MR) is 95.0 cm³/mol. The maximum absolute atomic E-state index is 13.6. The highest BCUT2D eigenvalue weighted by atomic mass is 19.1. The van der Waals surface area contributed by atoms with E-state index in [0.29, 0.717) is 21.7 Å². The van der Waals surface area contributed by atoms with Crippen LogP contribution in [0, 0.1) is 0 Å². The number of aryl methyl sites for hydroxylation is 1. The summed E-state index contributed by atoms with van der Waals surface area (Å²) in [6.07, 6.45) is 5.60. The van der Waals surface area contributed by atoms with E-state index in [0.717, 1.165) is 11.1 Å². The molecule has 0 aliphatic rings. The minimum atomic E-state index is -1.23. The Kier molecular flexibility index (Phi) is 3.53. The Balaban J connectivity index is 2.05. The minimum absolute atomic E-state index is 0.183. The fraction of sp³-hybridized carbons (Fsp3) is 0.158. The highest BCUT2D eigenvalue weighted by Gasteiger charge is 2.10. The number of hydrogen-bond acceptors (Lipinski definition) is 4. The lowest BCUT2D eigenvalue weighted by Gasteiger charge is -2.01. The van der Waals surface area contributed by atoms with Crippen LogP contribution in [0.3, 0.4) is 0 Å². The van der Waals surface area contributed by atoms with E-state index in [4.69, 9.17) is 0 Å². The molecular formula is C19H15FN4O. The number of nitrogens with zero attached hydrogens (tertiary/aromatic N) is 4. The first kappa shape index (κ1) is 15.4. The van der Waals surface area contributed by atoms with Crippen molar-refractivity contribution in [2.24, 2.45) is 7.05 Å². The van der Waals surface area contributed by atoms with Crippen LogP contribution in [0.25, 0.3) is 32.8 Å². The molecule has 0 aliphatic heterocycles. The predicted octanol–water partition coefficient (Wildman–Crippen LogP) is 3.57. The summed E-state index contributed by atoms with van der Waals surface area (Å²) in [6, 6.07) is 6.90. The van der Waals surface area contributed by atoms with Crippen molar-refractivity contribution < 1.29 is 4.39 Å². The second kappa shape index (κ2) is 5.73. The van der Waals surface area contributed by atoms with Gasteiger partial charge in [-0.25, -0.2) is 4.39 Å². The van der Waals surface area contributed by atoms with Crippen LogP contribution in [0.15, 0.2) is 53.8 Å². The number of rotatable bonds is 2. The lowest BCUT2D eigenvalue weighted by atomic mass is 10.1. The number of aromatic nitrogens is 4. The molecule has 0 radical (unpaired) electrons. The monoisotopic (exact) mass is 334 g/mol. The summed E-state index contributed by atoms with van der Waals surface area (Å²) in [5.41, 5.74) is 2.35. The smallest absolute Gasteiger partial charge is 0.195 e. The van der Waals surface area contributed by atoms with Gasteiger partial charge in [0.25, 0.3) is 0 Å². The maximum atomic E-state index is 13.6. The Bertz CT molecular complexity index is 1170. The Morgan fingerprint density at radius 2 is 1.88 bits per heavy atom. The highest BCUT2D eigenvalue weighted by Crippen LogP contribution is 2.23. The van der Waals surface area contributed by atoms with Gasteiger partial charge >= 0.3 is 0 Å². The van der Waals surface area contributed by atoms with E-state index >= 15 is 0 Å². The molecule has 124 valence electrons. The molecule has 0 N–H and O–H groups in total. The lowest BCUT2D eigenvalue weighted by molar-refractivity contribution is 0.366. The Morgan fingerprint density at radius 3 is 2.60 bits per heavy atom. The first-order valence-corrected chi connectivity index (χ1v) is 7.89. The van der Waals surface area contributed by atoms with Gasteiger partial charge in [-0.2, -0.15) is 5.10 Å². The van der Waals surface area contributed by atoms with E-state index in [1.165, 1.54) is 19.2 Å². The van der Waals surface area contributed by atoms with Crippen molar-refractivity contribution in [3.05, 3.63) is 65.0 Å². The number of halogens is 1. The van der Waals surface area contributed by atoms with E-state index in [1.54, 1.807) is 35.3 Å². The van der Waals surface area contributed by atoms with Gasteiger partial charge in [-0.1, -0.05) is 6.07 Å². The topological polar surface area (TPSA) is 60.7 Å². The van der Waals surface area contributed by atoms with Crippen LogP contribution < -0.4 is 5.43 Å². The van der Waals surface area contributed by atoms with Crippen molar-refractivity contribution in [1.82, 2.24) is 19.7 Å². The first-order valence-electron chi connectivity index (χ1n) is 7.89. The van der Waals surface area contributed by atoms with Gasteiger partial charge in [0.2, 0.25) is 0 Å². The highest BCUT2D eigenvalue weighted by molar-refractivity contribution is 5.92. The normalized spacial score (nSPS) is 12.6. The molecule has 0 aliphatic carbocycles. The summed E-state index contributed by atoms with van der Waals surface area (Å²) in [7, 11) is 1.83. The summed E-state index contributed by atoms with van der Waals surface area (Å²) >= 11 is 0. The van der Waals surface area contributed by atoms with Crippen molar-refractivity contribution in [2.75, 3.05) is 0 Å². The van der Waals surface area contributed by atoms with Gasteiger partial charge in [0.1, 0.15) is 6.17 Å². The minimum Gasteiger partial charge on any atom is -0.289 e. The van der Waals surface area contributed by atoms with Crippen LogP contribution in [0.5, 0.6) is 0 Å². The third-order valence-electron chi connectivity index (χ3n) is 4.23. The van der Waals surface area contributed by atoms with Gasteiger partial charge in [-0.15, -0.1) is 0 Å². The zero-order chi connectivity index (χ0) is 17.6. The number of pyridine rings is 2. The van der Waals surface area contributed by atoms with Crippen LogP contribution in [-0.2, 0) is 7.05 Å². The number of alkyl halides is 1. The quantitative estimate of drug-likeness (QED) is 0.562. The molecule has 4 rings (SSSR count). The average molecular weight is 334 g/mol. The summed E-state index contributed by atoms with van der Waals surface area (Å²) < 4.78 is 15.3. The van der Waals surface area contributed by atoms with E-state index in [-0.39, 0.29) is 11.1 Å². The second-order valence-corrected chi connectivity index (χ2v) is 6.03. The Morgan fingerprint density at radius 1 is 1.04 bits per heavy atom. The molecule has 5 nitrogen and oxygen atoms in total. The van der Waals surface area contributed by atoms with E-state index in [2.05, 4.69) is 15.1 Å². The van der Waals surface area contributed by atoms with Gasteiger partial charge in [-0.3, -0.25) is 19.4 Å². The SMILES string of the molecule is CC(F)c1cc2c(=O)c3cc(-c4cnn(C)c4)cnc3ccc2cn1. The number of fused-ring (bicyclic) bond motifs is 2. The largest absolute Gasteiger partial charge is 0.289 e. The van der Waals surface area contributed by atoms with Gasteiger partial charge in [0, 0.05) is 52.9 Å². The van der Waals surface area contributed by atoms with Gasteiger partial charge in [0.05, 0.1) is 17.4 Å². The third-order valence-corrected chi connectivity index (χ3v) is 4.23. The standard InChI is InChI=1S/C19H15FN4O/c1-11(20)18-6-15-12(7-22-18)3-4-17-16(19(15)25)5-13(8-21-17)14-9-23-24(2)10-14/h3-11H,1-2H3. The molecule has 1 atom stereocenters. The molecule has 3 heterocycles. The van der Waals surface area contributed by atoms with Crippen molar-refractivity contribution >= 4 is 21.7 Å². The van der Waals surface area contributed by atoms with Crippen molar-refractivity contribution in [3.63, 3.8) is 0 Å². The lowest BCUT2D eigenvalue weighted by Crippen LogP contribution is -2.01. The molecule has 25 heavy (non-hydrogen) atoms. The third kappa shape index (κ3) is 2.65. The molecular weight excluding hydrogens is 319 g/mol. The summed E-state index contributed by atoms with van der Waals surface area (Å²) in [4.78, 5) is 21.5. The molecule has 0 saturated carbocycles. The average Bonchev–Trinajstić information content (AvgIpc) is 2.99. The van der Waals surface area contributed by atoms with Crippen molar-refractivity contribution in [1.29, 1.82) is 0 Å².